The van der Waals surface area contributed by atoms with Gasteiger partial charge in [0.2, 0.25) is 0 Å². The summed E-state index contributed by atoms with van der Waals surface area (Å²) in [7, 11) is 0. The van der Waals surface area contributed by atoms with Gasteiger partial charge in [-0.3, -0.25) is 14.3 Å². The van der Waals surface area contributed by atoms with Crippen LogP contribution in [0.4, 0.5) is 4.39 Å². The van der Waals surface area contributed by atoms with Crippen LogP contribution in [0.15, 0.2) is 21.9 Å². The molecule has 4 atom stereocenters. The first-order valence-corrected chi connectivity index (χ1v) is 5.32. The number of aliphatic hydroxyl groups excluding tert-OH is 1. The molecule has 0 bridgehead atoms. The largest absolute Gasteiger partial charge is 0.479 e. The Hall–Kier alpha value is -2.00. The molecule has 104 valence electrons. The van der Waals surface area contributed by atoms with Crippen molar-refractivity contribution in [1.82, 2.24) is 9.55 Å². The molecule has 8 nitrogen and oxygen atoms in total. The first kappa shape index (κ1) is 13.4. The highest BCUT2D eigenvalue weighted by Gasteiger charge is 2.57. The smallest absolute Gasteiger partial charge is 0.335 e. The Morgan fingerprint density at radius 3 is 2.68 bits per heavy atom. The summed E-state index contributed by atoms with van der Waals surface area (Å²) in [6.45, 7) is 0.919. The summed E-state index contributed by atoms with van der Waals surface area (Å²) in [6, 6.07) is 0.960. The second kappa shape index (κ2) is 4.28. The number of hydrogen-bond donors (Lipinski definition) is 3. The van der Waals surface area contributed by atoms with Crippen LogP contribution in [0.3, 0.4) is 0 Å². The molecule has 1 aliphatic heterocycles. The lowest BCUT2D eigenvalue weighted by molar-refractivity contribution is -0.155. The quantitative estimate of drug-likeness (QED) is 0.610. The number of carbonyl (C=O) groups is 1. The Balaban J connectivity index is 2.48. The zero-order chi connectivity index (χ0) is 14.4. The first-order chi connectivity index (χ1) is 8.75. The van der Waals surface area contributed by atoms with Crippen molar-refractivity contribution in [2.75, 3.05) is 0 Å². The average molecular weight is 274 g/mol. The lowest BCUT2D eigenvalue weighted by atomic mass is 9.98. The lowest BCUT2D eigenvalue weighted by Crippen LogP contribution is -2.44. The molecule has 0 unspecified atom stereocenters. The zero-order valence-electron chi connectivity index (χ0n) is 9.74. The minimum Gasteiger partial charge on any atom is -0.479 e. The van der Waals surface area contributed by atoms with Gasteiger partial charge in [-0.1, -0.05) is 0 Å². The normalized spacial score (nSPS) is 34.4. The van der Waals surface area contributed by atoms with E-state index in [4.69, 9.17) is 9.84 Å². The number of ether oxygens (including phenoxy) is 1. The van der Waals surface area contributed by atoms with Crippen molar-refractivity contribution in [2.45, 2.75) is 31.0 Å². The summed E-state index contributed by atoms with van der Waals surface area (Å²) in [5.41, 5.74) is -4.14. The molecule has 1 aliphatic rings. The molecule has 1 saturated heterocycles. The number of carboxylic acid groups (broad SMARTS) is 1. The monoisotopic (exact) mass is 274 g/mol. The molecule has 0 aromatic carbocycles. The second-order valence-electron chi connectivity index (χ2n) is 4.36. The molecule has 3 N–H and O–H groups in total. The number of rotatable bonds is 2. The lowest BCUT2D eigenvalue weighted by Gasteiger charge is -2.24. The van der Waals surface area contributed by atoms with Crippen LogP contribution in [-0.4, -0.2) is 43.6 Å². The summed E-state index contributed by atoms with van der Waals surface area (Å²) in [5.74, 6) is -1.55. The number of aromatic nitrogens is 2. The van der Waals surface area contributed by atoms with Crippen LogP contribution < -0.4 is 11.2 Å². The topological polar surface area (TPSA) is 122 Å². The number of alkyl halides is 1. The minimum atomic E-state index is -2.49. The third-order valence-electron chi connectivity index (χ3n) is 2.97. The van der Waals surface area contributed by atoms with Crippen LogP contribution in [0.25, 0.3) is 0 Å². The number of nitrogens with one attached hydrogen (secondary N) is 1. The van der Waals surface area contributed by atoms with Crippen LogP contribution in [-0.2, 0) is 9.53 Å². The summed E-state index contributed by atoms with van der Waals surface area (Å²) < 4.78 is 19.9. The molecule has 2 rings (SSSR count). The molecule has 1 aromatic rings. The molecule has 9 heteroatoms. The Morgan fingerprint density at radius 2 is 2.21 bits per heavy atom. The summed E-state index contributed by atoms with van der Waals surface area (Å²) in [5, 5.41) is 18.4. The van der Waals surface area contributed by atoms with E-state index in [0.29, 0.717) is 4.57 Å². The van der Waals surface area contributed by atoms with E-state index < -0.39 is 41.3 Å². The van der Waals surface area contributed by atoms with Gasteiger partial charge < -0.3 is 14.9 Å². The van der Waals surface area contributed by atoms with E-state index in [9.17, 15) is 23.9 Å². The van der Waals surface area contributed by atoms with Crippen molar-refractivity contribution in [1.29, 1.82) is 0 Å². The number of carboxylic acids is 1. The molecule has 2 heterocycles. The molecule has 1 fully saturated rings. The molecule has 0 radical (unpaired) electrons. The maximum Gasteiger partial charge on any atom is 0.335 e. The number of H-pyrrole nitrogens is 1. The van der Waals surface area contributed by atoms with Gasteiger partial charge in [-0.2, -0.15) is 0 Å². The fourth-order valence-corrected chi connectivity index (χ4v) is 1.93. The van der Waals surface area contributed by atoms with Crippen LogP contribution >= 0.6 is 0 Å². The predicted molar refractivity (Wildman–Crippen MR) is 58.4 cm³/mol. The van der Waals surface area contributed by atoms with Gasteiger partial charge in [0.05, 0.1) is 0 Å². The van der Waals surface area contributed by atoms with Gasteiger partial charge in [-0.15, -0.1) is 0 Å². The van der Waals surface area contributed by atoms with Gasteiger partial charge in [-0.05, 0) is 6.92 Å². The number of nitrogens with zero attached hydrogens (tertiary/aromatic N) is 1. The standard InChI is InChI=1S/C10H11FN2O6/c1-10(11)6(15)5(7(16)17)19-8(10)13-3-2-4(14)12-9(13)18/h2-3,5-6,8,15H,1H3,(H,16,17)(H,12,14,18)/t5-,6+,8+,10+/m0/s1. The van der Waals surface area contributed by atoms with E-state index in [1.807, 2.05) is 4.98 Å². The van der Waals surface area contributed by atoms with Gasteiger partial charge in [0.1, 0.15) is 6.10 Å². The first-order valence-electron chi connectivity index (χ1n) is 5.32. The van der Waals surface area contributed by atoms with Crippen LogP contribution in [0.2, 0.25) is 0 Å². The highest BCUT2D eigenvalue weighted by atomic mass is 19.1. The Bertz CT molecular complexity index is 621. The minimum absolute atomic E-state index is 0.685. The van der Waals surface area contributed by atoms with E-state index in [-0.39, 0.29) is 0 Å². The average Bonchev–Trinajstić information content (AvgIpc) is 2.52. The third kappa shape index (κ3) is 2.06. The van der Waals surface area contributed by atoms with Gasteiger partial charge in [0.25, 0.3) is 5.56 Å². The summed E-state index contributed by atoms with van der Waals surface area (Å²) in [4.78, 5) is 35.1. The number of hydrogen-bond acceptors (Lipinski definition) is 5. The van der Waals surface area contributed by atoms with Gasteiger partial charge >= 0.3 is 11.7 Å². The number of aliphatic hydroxyl groups is 1. The maximum absolute atomic E-state index is 14.4. The number of aromatic amines is 1. The van der Waals surface area contributed by atoms with E-state index in [0.717, 1.165) is 19.2 Å². The Kier molecular flexibility index (Phi) is 3.03. The number of aliphatic carboxylic acids is 1. The molecule has 1 aromatic heterocycles. The van der Waals surface area contributed by atoms with Crippen LogP contribution in [0.1, 0.15) is 13.2 Å². The molecule has 0 saturated carbocycles. The summed E-state index contributed by atoms with van der Waals surface area (Å²) in [6.07, 6.45) is -4.40. The van der Waals surface area contributed by atoms with Crippen molar-refractivity contribution < 1.29 is 24.1 Å². The fraction of sp³-hybridized carbons (Fsp3) is 0.500. The highest BCUT2D eigenvalue weighted by molar-refractivity contribution is 5.73. The van der Waals surface area contributed by atoms with Crippen LogP contribution in [0.5, 0.6) is 0 Å². The SMILES string of the molecule is C[C@@]1(F)[C@H](O)[C@@H](C(=O)O)O[C@H]1n1ccc(=O)[nH]c1=O. The van der Waals surface area contributed by atoms with E-state index in [1.165, 1.54) is 0 Å². The second-order valence-corrected chi connectivity index (χ2v) is 4.36. The molecule has 0 aliphatic carbocycles. The number of halogens is 1. The molecule has 0 spiro atoms. The molecule has 19 heavy (non-hydrogen) atoms. The van der Waals surface area contributed by atoms with Gasteiger partial charge in [-0.25, -0.2) is 14.0 Å². The van der Waals surface area contributed by atoms with Crippen molar-refractivity contribution in [3.05, 3.63) is 33.1 Å². The van der Waals surface area contributed by atoms with Crippen molar-refractivity contribution in [3.8, 4) is 0 Å². The fourth-order valence-electron chi connectivity index (χ4n) is 1.93. The van der Waals surface area contributed by atoms with E-state index in [2.05, 4.69) is 0 Å². The molecule has 0 amide bonds. The Morgan fingerprint density at radius 1 is 1.58 bits per heavy atom. The van der Waals surface area contributed by atoms with Crippen molar-refractivity contribution in [3.63, 3.8) is 0 Å². The predicted octanol–water partition coefficient (Wildman–Crippen LogP) is -1.39. The highest BCUT2D eigenvalue weighted by Crippen LogP contribution is 2.40. The summed E-state index contributed by atoms with van der Waals surface area (Å²) >= 11 is 0. The molecular weight excluding hydrogens is 263 g/mol. The van der Waals surface area contributed by atoms with Gasteiger partial charge in [0.15, 0.2) is 18.0 Å². The van der Waals surface area contributed by atoms with E-state index >= 15 is 0 Å². The van der Waals surface area contributed by atoms with Crippen LogP contribution in [0, 0.1) is 0 Å². The molecular formula is C10H11FN2O6. The third-order valence-corrected chi connectivity index (χ3v) is 2.97. The van der Waals surface area contributed by atoms with Crippen molar-refractivity contribution in [2.24, 2.45) is 0 Å². The Labute approximate surface area is 105 Å². The van der Waals surface area contributed by atoms with E-state index in [1.54, 1.807) is 0 Å². The maximum atomic E-state index is 14.4. The zero-order valence-corrected chi connectivity index (χ0v) is 9.74. The van der Waals surface area contributed by atoms with Gasteiger partial charge in [0, 0.05) is 12.3 Å². The van der Waals surface area contributed by atoms with Crippen molar-refractivity contribution >= 4 is 5.97 Å².